The van der Waals surface area contributed by atoms with Gasteiger partial charge in [-0.25, -0.2) is 4.98 Å². The molecule has 106 valence electrons. The maximum atomic E-state index is 11.8. The minimum atomic E-state index is -0.363. The number of carbonyl (C=O) groups is 2. The number of aromatic nitrogens is 1. The van der Waals surface area contributed by atoms with Crippen LogP contribution in [0.3, 0.4) is 0 Å². The topological polar surface area (TPSA) is 68.3 Å². The SMILES string of the molecule is COC(=O)CCNC(=O)c1csc(-c2ccc(Cl)s2)n1. The molecule has 0 atom stereocenters. The molecule has 0 aromatic carbocycles. The number of nitrogens with one attached hydrogen (secondary N) is 1. The fraction of sp³-hybridized carbons (Fsp3) is 0.250. The second-order valence-electron chi connectivity index (χ2n) is 3.72. The summed E-state index contributed by atoms with van der Waals surface area (Å²) in [4.78, 5) is 27.9. The molecule has 2 rings (SSSR count). The van der Waals surface area contributed by atoms with E-state index in [1.54, 1.807) is 11.4 Å². The first-order valence-electron chi connectivity index (χ1n) is 5.66. The first-order valence-corrected chi connectivity index (χ1v) is 7.74. The third-order valence-corrected chi connectivity index (χ3v) is 4.61. The average molecular weight is 331 g/mol. The summed E-state index contributed by atoms with van der Waals surface area (Å²) in [5, 5.41) is 5.04. The molecule has 2 heterocycles. The summed E-state index contributed by atoms with van der Waals surface area (Å²) < 4.78 is 5.17. The highest BCUT2D eigenvalue weighted by Gasteiger charge is 2.13. The standard InChI is InChI=1S/C12H11ClN2O3S2/c1-18-10(16)4-5-14-11(17)7-6-19-12(15-7)8-2-3-9(13)20-8/h2-3,6H,4-5H2,1H3,(H,14,17). The number of esters is 1. The highest BCUT2D eigenvalue weighted by atomic mass is 35.5. The van der Waals surface area contributed by atoms with E-state index in [0.29, 0.717) is 10.0 Å². The quantitative estimate of drug-likeness (QED) is 0.856. The van der Waals surface area contributed by atoms with Crippen LogP contribution >= 0.6 is 34.3 Å². The lowest BCUT2D eigenvalue weighted by Gasteiger charge is -2.01. The van der Waals surface area contributed by atoms with Crippen molar-refractivity contribution in [2.45, 2.75) is 6.42 Å². The van der Waals surface area contributed by atoms with Crippen molar-refractivity contribution in [3.63, 3.8) is 0 Å². The van der Waals surface area contributed by atoms with Gasteiger partial charge in [0.25, 0.3) is 5.91 Å². The fourth-order valence-electron chi connectivity index (χ4n) is 1.39. The Morgan fingerprint density at radius 2 is 2.25 bits per heavy atom. The first kappa shape index (κ1) is 15.0. The normalized spacial score (nSPS) is 10.3. The van der Waals surface area contributed by atoms with E-state index in [4.69, 9.17) is 11.6 Å². The van der Waals surface area contributed by atoms with Gasteiger partial charge in [-0.2, -0.15) is 0 Å². The molecule has 0 saturated heterocycles. The molecule has 0 unspecified atom stereocenters. The van der Waals surface area contributed by atoms with Crippen LogP contribution in [0.2, 0.25) is 4.34 Å². The number of hydrogen-bond donors (Lipinski definition) is 1. The third kappa shape index (κ3) is 3.78. The van der Waals surface area contributed by atoms with E-state index >= 15 is 0 Å². The van der Waals surface area contributed by atoms with Gasteiger partial charge < -0.3 is 10.1 Å². The van der Waals surface area contributed by atoms with Crippen molar-refractivity contribution < 1.29 is 14.3 Å². The number of nitrogens with zero attached hydrogens (tertiary/aromatic N) is 1. The van der Waals surface area contributed by atoms with E-state index in [0.717, 1.165) is 9.88 Å². The van der Waals surface area contributed by atoms with Crippen LogP contribution in [0.5, 0.6) is 0 Å². The zero-order valence-electron chi connectivity index (χ0n) is 10.5. The molecule has 0 radical (unpaired) electrons. The number of thiazole rings is 1. The van der Waals surface area contributed by atoms with Gasteiger partial charge >= 0.3 is 5.97 Å². The highest BCUT2D eigenvalue weighted by Crippen LogP contribution is 2.32. The van der Waals surface area contributed by atoms with Gasteiger partial charge in [0.2, 0.25) is 0 Å². The molecule has 0 saturated carbocycles. The van der Waals surface area contributed by atoms with Crippen LogP contribution in [-0.2, 0) is 9.53 Å². The molecule has 2 aromatic rings. The van der Waals surface area contributed by atoms with Crippen LogP contribution in [-0.4, -0.2) is 30.5 Å². The van der Waals surface area contributed by atoms with Gasteiger partial charge in [0.15, 0.2) is 0 Å². The lowest BCUT2D eigenvalue weighted by atomic mass is 10.4. The summed E-state index contributed by atoms with van der Waals surface area (Å²) in [6, 6.07) is 3.66. The van der Waals surface area contributed by atoms with Gasteiger partial charge in [0.05, 0.1) is 22.7 Å². The summed E-state index contributed by atoms with van der Waals surface area (Å²) in [5.41, 5.74) is 0.333. The lowest BCUT2D eigenvalue weighted by Crippen LogP contribution is -2.26. The monoisotopic (exact) mass is 330 g/mol. The van der Waals surface area contributed by atoms with Crippen molar-refractivity contribution in [1.82, 2.24) is 10.3 Å². The zero-order valence-corrected chi connectivity index (χ0v) is 12.9. The third-order valence-electron chi connectivity index (χ3n) is 2.36. The molecule has 0 aliphatic heterocycles. The van der Waals surface area contributed by atoms with Crippen LogP contribution in [0.1, 0.15) is 16.9 Å². The van der Waals surface area contributed by atoms with Gasteiger partial charge in [-0.15, -0.1) is 22.7 Å². The number of rotatable bonds is 5. The molecule has 0 bridgehead atoms. The molecule has 0 fully saturated rings. The Morgan fingerprint density at radius 1 is 1.45 bits per heavy atom. The van der Waals surface area contributed by atoms with Gasteiger partial charge in [0, 0.05) is 11.9 Å². The molecular weight excluding hydrogens is 320 g/mol. The maximum absolute atomic E-state index is 11.8. The number of halogens is 1. The minimum absolute atomic E-state index is 0.139. The molecule has 0 aliphatic carbocycles. The molecule has 8 heteroatoms. The predicted molar refractivity (Wildman–Crippen MR) is 79.4 cm³/mol. The predicted octanol–water partition coefficient (Wildman–Crippen LogP) is 2.82. The van der Waals surface area contributed by atoms with Crippen molar-refractivity contribution in [3.05, 3.63) is 27.5 Å². The van der Waals surface area contributed by atoms with Crippen molar-refractivity contribution >= 4 is 46.2 Å². The molecule has 20 heavy (non-hydrogen) atoms. The Bertz CT molecular complexity index is 624. The maximum Gasteiger partial charge on any atom is 0.307 e. The van der Waals surface area contributed by atoms with Crippen LogP contribution in [0.4, 0.5) is 0 Å². The molecule has 5 nitrogen and oxygen atoms in total. The van der Waals surface area contributed by atoms with E-state index in [1.165, 1.54) is 29.8 Å². The van der Waals surface area contributed by atoms with Crippen LogP contribution in [0.15, 0.2) is 17.5 Å². The van der Waals surface area contributed by atoms with Gasteiger partial charge in [-0.05, 0) is 12.1 Å². The zero-order chi connectivity index (χ0) is 14.5. The second kappa shape index (κ2) is 6.83. The number of amides is 1. The lowest BCUT2D eigenvalue weighted by molar-refractivity contribution is -0.140. The summed E-state index contributed by atoms with van der Waals surface area (Å²) in [5.74, 6) is -0.670. The van der Waals surface area contributed by atoms with E-state index in [2.05, 4.69) is 15.0 Å². The summed E-state index contributed by atoms with van der Waals surface area (Å²) in [6.45, 7) is 0.225. The molecule has 0 spiro atoms. The minimum Gasteiger partial charge on any atom is -0.469 e. The van der Waals surface area contributed by atoms with Crippen LogP contribution in [0, 0.1) is 0 Å². The second-order valence-corrected chi connectivity index (χ2v) is 6.30. The van der Waals surface area contributed by atoms with Crippen molar-refractivity contribution in [1.29, 1.82) is 0 Å². The van der Waals surface area contributed by atoms with Crippen molar-refractivity contribution in [2.24, 2.45) is 0 Å². The Labute approximate surface area is 128 Å². The Hall–Kier alpha value is -1.44. The molecule has 1 N–H and O–H groups in total. The molecule has 0 aliphatic rings. The van der Waals surface area contributed by atoms with Crippen LogP contribution < -0.4 is 5.32 Å². The van der Waals surface area contributed by atoms with Gasteiger partial charge in [0.1, 0.15) is 10.7 Å². The first-order chi connectivity index (χ1) is 9.60. The molecule has 1 amide bonds. The van der Waals surface area contributed by atoms with E-state index in [9.17, 15) is 9.59 Å². The van der Waals surface area contributed by atoms with E-state index in [-0.39, 0.29) is 24.8 Å². The Morgan fingerprint density at radius 3 is 2.90 bits per heavy atom. The number of thiophene rings is 1. The van der Waals surface area contributed by atoms with Gasteiger partial charge in [-0.1, -0.05) is 11.6 Å². The Balaban J connectivity index is 1.95. The number of methoxy groups -OCH3 is 1. The van der Waals surface area contributed by atoms with Crippen LogP contribution in [0.25, 0.3) is 9.88 Å². The summed E-state index contributed by atoms with van der Waals surface area (Å²) in [6.07, 6.45) is 0.139. The molecule has 2 aromatic heterocycles. The smallest absolute Gasteiger partial charge is 0.307 e. The van der Waals surface area contributed by atoms with Gasteiger partial charge in [-0.3, -0.25) is 9.59 Å². The number of ether oxygens (including phenoxy) is 1. The van der Waals surface area contributed by atoms with Crippen molar-refractivity contribution in [2.75, 3.05) is 13.7 Å². The van der Waals surface area contributed by atoms with Crippen molar-refractivity contribution in [3.8, 4) is 9.88 Å². The summed E-state index contributed by atoms with van der Waals surface area (Å²) >= 11 is 8.65. The highest BCUT2D eigenvalue weighted by molar-refractivity contribution is 7.23. The largest absolute Gasteiger partial charge is 0.469 e. The fourth-order valence-corrected chi connectivity index (χ4v) is 3.31. The Kier molecular flexibility index (Phi) is 5.11. The number of hydrogen-bond acceptors (Lipinski definition) is 6. The molecular formula is C12H11ClN2O3S2. The van der Waals surface area contributed by atoms with E-state index < -0.39 is 0 Å². The summed E-state index contributed by atoms with van der Waals surface area (Å²) in [7, 11) is 1.31. The van der Waals surface area contributed by atoms with E-state index in [1.807, 2.05) is 6.07 Å². The average Bonchev–Trinajstić information content (AvgIpc) is 3.06. The number of carbonyl (C=O) groups excluding carboxylic acids is 2.